The second kappa shape index (κ2) is 8.01. The minimum atomic E-state index is -0.698. The monoisotopic (exact) mass is 320 g/mol. The van der Waals surface area contributed by atoms with Crippen LogP contribution in [0.15, 0.2) is 0 Å². The van der Waals surface area contributed by atoms with Crippen molar-refractivity contribution >= 4 is 0 Å². The maximum absolute atomic E-state index is 9.96. The first-order valence-corrected chi connectivity index (χ1v) is 7.89. The molecule has 0 aromatic rings. The van der Waals surface area contributed by atoms with E-state index in [-0.39, 0.29) is 43.5 Å². The largest absolute Gasteiger partial charge is 0.396 e. The lowest BCUT2D eigenvalue weighted by Crippen LogP contribution is -2.52. The van der Waals surface area contributed by atoms with Crippen molar-refractivity contribution in [3.8, 4) is 0 Å². The molecule has 2 aliphatic heterocycles. The number of aliphatic hydroxyl groups excluding tert-OH is 3. The van der Waals surface area contributed by atoms with Crippen molar-refractivity contribution in [2.24, 2.45) is 11.8 Å². The molecular formula is C15H28O7. The minimum absolute atomic E-state index is 0.0213. The molecule has 0 radical (unpaired) electrons. The normalized spacial score (nSPS) is 46.6. The molecule has 130 valence electrons. The summed E-state index contributed by atoms with van der Waals surface area (Å²) >= 11 is 0. The van der Waals surface area contributed by atoms with Crippen LogP contribution in [0.5, 0.6) is 0 Å². The fourth-order valence-electron chi connectivity index (χ4n) is 3.28. The molecule has 7 heteroatoms. The zero-order valence-electron chi connectivity index (χ0n) is 13.4. The van der Waals surface area contributed by atoms with Gasteiger partial charge in [-0.3, -0.25) is 0 Å². The molecule has 7 nitrogen and oxygen atoms in total. The highest BCUT2D eigenvalue weighted by molar-refractivity contribution is 4.85. The summed E-state index contributed by atoms with van der Waals surface area (Å²) in [6, 6.07) is 0. The van der Waals surface area contributed by atoms with E-state index in [1.54, 1.807) is 14.0 Å². The average Bonchev–Trinajstić information content (AvgIpc) is 2.52. The Morgan fingerprint density at radius 1 is 0.955 bits per heavy atom. The van der Waals surface area contributed by atoms with E-state index in [1.807, 2.05) is 6.92 Å². The summed E-state index contributed by atoms with van der Waals surface area (Å²) in [6.07, 6.45) is -1.57. The van der Waals surface area contributed by atoms with Gasteiger partial charge in [-0.25, -0.2) is 0 Å². The van der Waals surface area contributed by atoms with Crippen molar-refractivity contribution in [1.82, 2.24) is 0 Å². The molecule has 0 aliphatic carbocycles. The van der Waals surface area contributed by atoms with Crippen LogP contribution in [0.2, 0.25) is 0 Å². The Morgan fingerprint density at radius 3 is 2.14 bits per heavy atom. The number of aliphatic hydroxyl groups is 3. The molecule has 2 rings (SSSR count). The van der Waals surface area contributed by atoms with Crippen molar-refractivity contribution in [3.05, 3.63) is 0 Å². The Hall–Kier alpha value is -0.280. The highest BCUT2D eigenvalue weighted by Gasteiger charge is 2.42. The second-order valence-corrected chi connectivity index (χ2v) is 6.23. The fourth-order valence-corrected chi connectivity index (χ4v) is 3.28. The summed E-state index contributed by atoms with van der Waals surface area (Å²) in [6.45, 7) is 3.50. The molecule has 0 amide bonds. The van der Waals surface area contributed by atoms with Crippen LogP contribution in [-0.4, -0.2) is 72.6 Å². The molecular weight excluding hydrogens is 292 g/mol. The summed E-state index contributed by atoms with van der Waals surface area (Å²) in [4.78, 5) is 0. The van der Waals surface area contributed by atoms with Gasteiger partial charge in [-0.1, -0.05) is 0 Å². The minimum Gasteiger partial charge on any atom is -0.396 e. The van der Waals surface area contributed by atoms with Gasteiger partial charge in [0, 0.05) is 45.0 Å². The molecule has 0 saturated carbocycles. The smallest absolute Gasteiger partial charge is 0.159 e. The molecule has 2 heterocycles. The number of ether oxygens (including phenoxy) is 4. The third-order valence-corrected chi connectivity index (χ3v) is 4.66. The predicted molar refractivity (Wildman–Crippen MR) is 76.9 cm³/mol. The van der Waals surface area contributed by atoms with E-state index in [1.165, 1.54) is 0 Å². The first-order chi connectivity index (χ1) is 10.5. The number of hydrogen-bond acceptors (Lipinski definition) is 7. The van der Waals surface area contributed by atoms with Crippen molar-refractivity contribution in [3.63, 3.8) is 0 Å². The van der Waals surface area contributed by atoms with Crippen LogP contribution in [-0.2, 0) is 18.9 Å². The molecule has 2 saturated heterocycles. The highest BCUT2D eigenvalue weighted by Crippen LogP contribution is 2.32. The van der Waals surface area contributed by atoms with Crippen LogP contribution in [0.3, 0.4) is 0 Å². The molecule has 0 spiro atoms. The van der Waals surface area contributed by atoms with E-state index < -0.39 is 18.5 Å². The first-order valence-electron chi connectivity index (χ1n) is 7.89. The first kappa shape index (κ1) is 18.1. The summed E-state index contributed by atoms with van der Waals surface area (Å²) in [5, 5.41) is 28.9. The molecule has 0 aromatic carbocycles. The zero-order valence-corrected chi connectivity index (χ0v) is 13.4. The van der Waals surface area contributed by atoms with Crippen LogP contribution in [0.25, 0.3) is 0 Å². The second-order valence-electron chi connectivity index (χ2n) is 6.23. The van der Waals surface area contributed by atoms with Gasteiger partial charge in [0.25, 0.3) is 0 Å². The van der Waals surface area contributed by atoms with E-state index in [9.17, 15) is 15.3 Å². The molecule has 3 N–H and O–H groups in total. The Morgan fingerprint density at radius 2 is 1.55 bits per heavy atom. The van der Waals surface area contributed by atoms with E-state index >= 15 is 0 Å². The van der Waals surface area contributed by atoms with Gasteiger partial charge >= 0.3 is 0 Å². The van der Waals surface area contributed by atoms with E-state index in [0.29, 0.717) is 12.8 Å². The van der Waals surface area contributed by atoms with Crippen LogP contribution >= 0.6 is 0 Å². The van der Waals surface area contributed by atoms with Crippen molar-refractivity contribution in [1.29, 1.82) is 0 Å². The Bertz CT molecular complexity index is 340. The van der Waals surface area contributed by atoms with Gasteiger partial charge in [0.05, 0.1) is 24.4 Å². The maximum atomic E-state index is 9.96. The van der Waals surface area contributed by atoms with Gasteiger partial charge in [-0.15, -0.1) is 0 Å². The SMILES string of the molecule is COC1CC(CO)C(OC2CC(CO)C(O)C(C)O2)C(C)O1. The molecule has 22 heavy (non-hydrogen) atoms. The van der Waals surface area contributed by atoms with E-state index in [0.717, 1.165) is 0 Å². The Balaban J connectivity index is 1.99. The molecule has 8 unspecified atom stereocenters. The molecule has 0 aromatic heterocycles. The number of hydrogen-bond donors (Lipinski definition) is 3. The van der Waals surface area contributed by atoms with Gasteiger partial charge in [-0.05, 0) is 13.8 Å². The standard InChI is InChI=1S/C15H28O7/c1-8-14(18)10(6-16)4-13(20-8)22-15-9(2)21-12(19-3)5-11(15)7-17/h8-18H,4-7H2,1-3H3. The van der Waals surface area contributed by atoms with Gasteiger partial charge in [0.2, 0.25) is 0 Å². The van der Waals surface area contributed by atoms with Gasteiger partial charge < -0.3 is 34.3 Å². The lowest BCUT2D eigenvalue weighted by Gasteiger charge is -2.43. The highest BCUT2D eigenvalue weighted by atomic mass is 16.7. The van der Waals surface area contributed by atoms with Crippen molar-refractivity contribution in [2.75, 3.05) is 20.3 Å². The Labute approximate surface area is 131 Å². The van der Waals surface area contributed by atoms with Crippen molar-refractivity contribution in [2.45, 2.75) is 63.7 Å². The molecule has 2 aliphatic rings. The lowest BCUT2D eigenvalue weighted by atomic mass is 9.91. The maximum Gasteiger partial charge on any atom is 0.159 e. The molecule has 2 fully saturated rings. The summed E-state index contributed by atoms with van der Waals surface area (Å²) in [5.41, 5.74) is 0. The fraction of sp³-hybridized carbons (Fsp3) is 1.00. The molecule has 8 atom stereocenters. The topological polar surface area (TPSA) is 97.6 Å². The van der Waals surface area contributed by atoms with Crippen LogP contribution < -0.4 is 0 Å². The molecule has 0 bridgehead atoms. The van der Waals surface area contributed by atoms with Gasteiger partial charge in [0.1, 0.15) is 0 Å². The quantitative estimate of drug-likeness (QED) is 0.649. The third-order valence-electron chi connectivity index (χ3n) is 4.66. The van der Waals surface area contributed by atoms with E-state index in [4.69, 9.17) is 18.9 Å². The van der Waals surface area contributed by atoms with Gasteiger partial charge in [-0.2, -0.15) is 0 Å². The van der Waals surface area contributed by atoms with E-state index in [2.05, 4.69) is 0 Å². The summed E-state index contributed by atoms with van der Waals surface area (Å²) < 4.78 is 22.6. The number of methoxy groups -OCH3 is 1. The van der Waals surface area contributed by atoms with Crippen LogP contribution in [0.1, 0.15) is 26.7 Å². The van der Waals surface area contributed by atoms with Crippen LogP contribution in [0, 0.1) is 11.8 Å². The predicted octanol–water partition coefficient (Wildman–Crippen LogP) is -0.134. The number of rotatable bonds is 5. The third kappa shape index (κ3) is 3.97. The lowest BCUT2D eigenvalue weighted by molar-refractivity contribution is -0.301. The average molecular weight is 320 g/mol. The summed E-state index contributed by atoms with van der Waals surface area (Å²) in [7, 11) is 1.58. The Kier molecular flexibility index (Phi) is 6.58. The zero-order chi connectivity index (χ0) is 16.3. The summed E-state index contributed by atoms with van der Waals surface area (Å²) in [5.74, 6) is -0.375. The van der Waals surface area contributed by atoms with Gasteiger partial charge in [0.15, 0.2) is 12.6 Å². The van der Waals surface area contributed by atoms with Crippen LogP contribution in [0.4, 0.5) is 0 Å². The van der Waals surface area contributed by atoms with Crippen molar-refractivity contribution < 1.29 is 34.3 Å².